The summed E-state index contributed by atoms with van der Waals surface area (Å²) in [6.45, 7) is 1.34. The Morgan fingerprint density at radius 3 is 2.95 bits per heavy atom. The quantitative estimate of drug-likeness (QED) is 0.446. The molecule has 19 heavy (non-hydrogen) atoms. The summed E-state index contributed by atoms with van der Waals surface area (Å²) in [6, 6.07) is 0. The first kappa shape index (κ1) is 13.9. The Morgan fingerprint density at radius 1 is 1.47 bits per heavy atom. The van der Waals surface area contributed by atoms with Gasteiger partial charge in [-0.3, -0.25) is 0 Å². The minimum atomic E-state index is 0.294. The number of methoxy groups -OCH3 is 1. The van der Waals surface area contributed by atoms with Gasteiger partial charge >= 0.3 is 118 Å². The molecular formula is C11H14N5O2Se. The molecule has 3 N–H and O–H groups in total. The molecule has 0 spiro atoms. The Bertz CT molecular complexity index is 598. The van der Waals surface area contributed by atoms with E-state index in [-0.39, 0.29) is 0 Å². The number of nitrogens with one attached hydrogen (secondary N) is 1. The monoisotopic (exact) mass is 328 g/mol. The van der Waals surface area contributed by atoms with E-state index in [2.05, 4.69) is 26.0 Å². The first-order chi connectivity index (χ1) is 9.15. The molecular weight excluding hydrogens is 313 g/mol. The molecule has 2 heterocycles. The Hall–Kier alpha value is -1.47. The number of nitrogens with two attached hydrogens (primary N) is 1. The normalized spacial score (nSPS) is 11.0. The molecule has 0 unspecified atom stereocenters. The second-order valence-corrected chi connectivity index (χ2v) is 4.69. The van der Waals surface area contributed by atoms with Gasteiger partial charge in [0.2, 0.25) is 0 Å². The fraction of sp³-hybridized carbons (Fsp3) is 0.364. The predicted molar refractivity (Wildman–Crippen MR) is 72.4 cm³/mol. The van der Waals surface area contributed by atoms with Gasteiger partial charge in [0.15, 0.2) is 0 Å². The fourth-order valence-corrected chi connectivity index (χ4v) is 2.05. The van der Waals surface area contributed by atoms with Crippen molar-refractivity contribution in [2.45, 2.75) is 6.73 Å². The molecule has 101 valence electrons. The second kappa shape index (κ2) is 6.12. The van der Waals surface area contributed by atoms with Gasteiger partial charge in [-0.2, -0.15) is 0 Å². The molecule has 0 amide bonds. The van der Waals surface area contributed by atoms with E-state index in [0.29, 0.717) is 47.0 Å². The number of ether oxygens (including phenoxy) is 2. The Kier molecular flexibility index (Phi) is 4.49. The van der Waals surface area contributed by atoms with E-state index in [1.807, 2.05) is 0 Å². The zero-order valence-corrected chi connectivity index (χ0v) is 12.1. The summed E-state index contributed by atoms with van der Waals surface area (Å²) < 4.78 is 12.5. The topological polar surface area (TPSA) is 99.0 Å². The number of fused-ring (bicyclic) bond motifs is 1. The maximum atomic E-state index is 7.73. The Balaban J connectivity index is 2.34. The van der Waals surface area contributed by atoms with Crippen molar-refractivity contribution in [2.75, 3.05) is 26.1 Å². The van der Waals surface area contributed by atoms with Gasteiger partial charge < -0.3 is 0 Å². The summed E-state index contributed by atoms with van der Waals surface area (Å²) in [5.41, 5.74) is 7.17. The van der Waals surface area contributed by atoms with Crippen molar-refractivity contribution in [3.8, 4) is 0 Å². The third kappa shape index (κ3) is 2.93. The third-order valence-corrected chi connectivity index (χ3v) is 3.05. The molecule has 0 saturated carbocycles. The number of aromatic nitrogens is 3. The standard InChI is InChI=1S/C11H14N5O2Se/c1-17-2-3-18-6-16-4-7(10(13)19)8-9(12)14-5-15-11(8)16/h4-5,13H,2-3,6H2,1H3,(H2,12,14,15). The molecule has 1 radical (unpaired) electrons. The van der Waals surface area contributed by atoms with E-state index in [4.69, 9.17) is 20.6 Å². The molecule has 0 aromatic carbocycles. The molecule has 2 aromatic heterocycles. The van der Waals surface area contributed by atoms with E-state index in [1.165, 1.54) is 6.33 Å². The second-order valence-electron chi connectivity index (χ2n) is 3.83. The molecule has 0 aliphatic rings. The van der Waals surface area contributed by atoms with Crippen LogP contribution >= 0.6 is 0 Å². The maximum absolute atomic E-state index is 7.73. The van der Waals surface area contributed by atoms with Crippen molar-refractivity contribution in [1.82, 2.24) is 14.5 Å². The van der Waals surface area contributed by atoms with Crippen LogP contribution in [0.4, 0.5) is 5.82 Å². The number of hydrogen-bond donors (Lipinski definition) is 2. The van der Waals surface area contributed by atoms with Gasteiger partial charge in [0.25, 0.3) is 0 Å². The number of rotatable bonds is 6. The van der Waals surface area contributed by atoms with E-state index in [9.17, 15) is 0 Å². The molecule has 0 atom stereocenters. The van der Waals surface area contributed by atoms with E-state index in [0.717, 1.165) is 0 Å². The average molecular weight is 327 g/mol. The van der Waals surface area contributed by atoms with Crippen molar-refractivity contribution in [1.29, 1.82) is 5.41 Å². The van der Waals surface area contributed by atoms with Crippen molar-refractivity contribution < 1.29 is 9.47 Å². The molecule has 0 saturated heterocycles. The van der Waals surface area contributed by atoms with Gasteiger partial charge in [0, 0.05) is 0 Å². The molecule has 2 rings (SSSR count). The van der Waals surface area contributed by atoms with Gasteiger partial charge in [-0.1, -0.05) is 0 Å². The number of hydrogen-bond acceptors (Lipinski definition) is 6. The van der Waals surface area contributed by atoms with Crippen LogP contribution in [0.2, 0.25) is 0 Å². The van der Waals surface area contributed by atoms with Crippen LogP contribution in [0.1, 0.15) is 5.56 Å². The predicted octanol–water partition coefficient (Wildman–Crippen LogP) is 0.128. The minimum absolute atomic E-state index is 0.294. The fourth-order valence-electron chi connectivity index (χ4n) is 1.72. The van der Waals surface area contributed by atoms with Crippen molar-refractivity contribution in [3.05, 3.63) is 18.1 Å². The summed E-state index contributed by atoms with van der Waals surface area (Å²) in [6.07, 6.45) is 3.18. The van der Waals surface area contributed by atoms with Gasteiger partial charge in [-0.05, 0) is 0 Å². The SMILES string of the molecule is COCCOCn1cc(C(=N)[Se])c2c(N)ncnc21. The Morgan fingerprint density at radius 2 is 2.26 bits per heavy atom. The average Bonchev–Trinajstić information content (AvgIpc) is 2.75. The van der Waals surface area contributed by atoms with Crippen LogP contribution < -0.4 is 5.73 Å². The zero-order valence-electron chi connectivity index (χ0n) is 10.4. The van der Waals surface area contributed by atoms with Crippen LogP contribution in [0.25, 0.3) is 11.0 Å². The van der Waals surface area contributed by atoms with Gasteiger partial charge in [0.1, 0.15) is 0 Å². The zero-order chi connectivity index (χ0) is 13.8. The molecule has 0 fully saturated rings. The number of nitrogens with zero attached hydrogens (tertiary/aromatic N) is 3. The molecule has 0 aliphatic heterocycles. The first-order valence-electron chi connectivity index (χ1n) is 5.57. The molecule has 2 aromatic rings. The van der Waals surface area contributed by atoms with Crippen LogP contribution in [0, 0.1) is 5.41 Å². The summed E-state index contributed by atoms with van der Waals surface area (Å²) >= 11 is 2.66. The molecule has 7 nitrogen and oxygen atoms in total. The van der Waals surface area contributed by atoms with Gasteiger partial charge in [-0.15, -0.1) is 0 Å². The van der Waals surface area contributed by atoms with E-state index in [1.54, 1.807) is 17.9 Å². The van der Waals surface area contributed by atoms with Crippen molar-refractivity contribution >= 4 is 37.5 Å². The number of nitrogen functional groups attached to an aromatic ring is 1. The third-order valence-electron chi connectivity index (χ3n) is 2.59. The van der Waals surface area contributed by atoms with Crippen molar-refractivity contribution in [2.24, 2.45) is 0 Å². The van der Waals surface area contributed by atoms with Gasteiger partial charge in [0.05, 0.1) is 0 Å². The summed E-state index contributed by atoms with van der Waals surface area (Å²) in [4.78, 5) is 8.15. The van der Waals surface area contributed by atoms with Crippen LogP contribution in [-0.2, 0) is 16.2 Å². The Labute approximate surface area is 118 Å². The molecule has 0 aliphatic carbocycles. The summed E-state index contributed by atoms with van der Waals surface area (Å²) in [5, 5.41) is 8.40. The van der Waals surface area contributed by atoms with Crippen LogP contribution in [0.3, 0.4) is 0 Å². The first-order valence-corrected chi connectivity index (χ1v) is 6.42. The van der Waals surface area contributed by atoms with Crippen LogP contribution in [0.15, 0.2) is 12.5 Å². The van der Waals surface area contributed by atoms with Crippen molar-refractivity contribution in [3.63, 3.8) is 0 Å². The van der Waals surface area contributed by atoms with Gasteiger partial charge in [-0.25, -0.2) is 0 Å². The molecule has 0 bridgehead atoms. The summed E-state index contributed by atoms with van der Waals surface area (Å²) in [5.74, 6) is 0.357. The number of anilines is 1. The van der Waals surface area contributed by atoms with Crippen LogP contribution in [-0.4, -0.2) is 55.5 Å². The molecule has 8 heteroatoms. The summed E-state index contributed by atoms with van der Waals surface area (Å²) in [7, 11) is 1.62. The van der Waals surface area contributed by atoms with E-state index < -0.39 is 0 Å². The van der Waals surface area contributed by atoms with E-state index >= 15 is 0 Å². The van der Waals surface area contributed by atoms with Crippen LogP contribution in [0.5, 0.6) is 0 Å².